The van der Waals surface area contributed by atoms with Crippen molar-refractivity contribution >= 4 is 17.4 Å². The standard InChI is InChI=1S/C8H15ClO/c1-3-4-8(10)5-7(2)6-9/h7H,3-6H2,1-2H3. The molecule has 0 radical (unpaired) electrons. The zero-order valence-corrected chi connectivity index (χ0v) is 7.45. The third-order valence-corrected chi connectivity index (χ3v) is 1.90. The Morgan fingerprint density at radius 3 is 2.60 bits per heavy atom. The van der Waals surface area contributed by atoms with Crippen molar-refractivity contribution in [1.29, 1.82) is 0 Å². The summed E-state index contributed by atoms with van der Waals surface area (Å²) in [6.07, 6.45) is 2.31. The lowest BCUT2D eigenvalue weighted by Crippen LogP contribution is -2.05. The maximum atomic E-state index is 11.0. The fourth-order valence-electron chi connectivity index (χ4n) is 0.824. The van der Waals surface area contributed by atoms with Gasteiger partial charge in [0.05, 0.1) is 0 Å². The van der Waals surface area contributed by atoms with Crippen molar-refractivity contribution in [3.05, 3.63) is 0 Å². The van der Waals surface area contributed by atoms with Crippen molar-refractivity contribution in [2.45, 2.75) is 33.1 Å². The number of carbonyl (C=O) groups excluding carboxylic acids is 1. The highest BCUT2D eigenvalue weighted by Crippen LogP contribution is 2.06. The zero-order chi connectivity index (χ0) is 7.98. The van der Waals surface area contributed by atoms with Gasteiger partial charge in [0.1, 0.15) is 5.78 Å². The van der Waals surface area contributed by atoms with Crippen LogP contribution < -0.4 is 0 Å². The van der Waals surface area contributed by atoms with Crippen LogP contribution in [-0.4, -0.2) is 11.7 Å². The summed E-state index contributed by atoms with van der Waals surface area (Å²) >= 11 is 5.54. The average Bonchev–Trinajstić information content (AvgIpc) is 1.88. The third-order valence-electron chi connectivity index (χ3n) is 1.37. The van der Waals surface area contributed by atoms with Crippen molar-refractivity contribution in [2.24, 2.45) is 5.92 Å². The van der Waals surface area contributed by atoms with E-state index in [-0.39, 0.29) is 0 Å². The SMILES string of the molecule is CCCC(=O)CC(C)CCl. The van der Waals surface area contributed by atoms with Crippen LogP contribution in [0, 0.1) is 5.92 Å². The monoisotopic (exact) mass is 162 g/mol. The molecule has 0 spiro atoms. The van der Waals surface area contributed by atoms with Crippen molar-refractivity contribution in [2.75, 3.05) is 5.88 Å². The predicted molar refractivity (Wildman–Crippen MR) is 44.4 cm³/mol. The number of carbonyl (C=O) groups is 1. The number of halogens is 1. The van der Waals surface area contributed by atoms with Crippen LogP contribution in [0.25, 0.3) is 0 Å². The van der Waals surface area contributed by atoms with Crippen LogP contribution in [-0.2, 0) is 4.79 Å². The molecule has 0 heterocycles. The average molecular weight is 163 g/mol. The lowest BCUT2D eigenvalue weighted by molar-refractivity contribution is -0.119. The van der Waals surface area contributed by atoms with Crippen molar-refractivity contribution in [3.8, 4) is 0 Å². The van der Waals surface area contributed by atoms with Gasteiger partial charge in [-0.25, -0.2) is 0 Å². The summed E-state index contributed by atoms with van der Waals surface area (Å²) in [5, 5.41) is 0. The molecular formula is C8H15ClO. The van der Waals surface area contributed by atoms with E-state index in [1.165, 1.54) is 0 Å². The van der Waals surface area contributed by atoms with Crippen LogP contribution in [0.15, 0.2) is 0 Å². The first-order chi connectivity index (χ1) is 4.70. The van der Waals surface area contributed by atoms with E-state index >= 15 is 0 Å². The molecule has 1 nitrogen and oxygen atoms in total. The van der Waals surface area contributed by atoms with Gasteiger partial charge >= 0.3 is 0 Å². The van der Waals surface area contributed by atoms with Gasteiger partial charge in [0.25, 0.3) is 0 Å². The van der Waals surface area contributed by atoms with E-state index in [1.54, 1.807) is 0 Å². The molecule has 1 atom stereocenters. The fraction of sp³-hybridized carbons (Fsp3) is 0.875. The van der Waals surface area contributed by atoms with Crippen LogP contribution in [0.3, 0.4) is 0 Å². The van der Waals surface area contributed by atoms with Gasteiger partial charge in [0.2, 0.25) is 0 Å². The molecule has 0 aromatic heterocycles. The molecule has 0 aliphatic rings. The van der Waals surface area contributed by atoms with Gasteiger partial charge in [-0.3, -0.25) is 4.79 Å². The Hall–Kier alpha value is -0.0400. The Kier molecular flexibility index (Phi) is 5.70. The molecular weight excluding hydrogens is 148 g/mol. The minimum atomic E-state index is 0.343. The first kappa shape index (κ1) is 9.96. The van der Waals surface area contributed by atoms with Crippen LogP contribution in [0.2, 0.25) is 0 Å². The lowest BCUT2D eigenvalue weighted by atomic mass is 10.0. The largest absolute Gasteiger partial charge is 0.300 e. The van der Waals surface area contributed by atoms with E-state index in [2.05, 4.69) is 0 Å². The Morgan fingerprint density at radius 2 is 2.20 bits per heavy atom. The summed E-state index contributed by atoms with van der Waals surface area (Å²) in [5.74, 6) is 1.28. The zero-order valence-electron chi connectivity index (χ0n) is 6.69. The fourth-order valence-corrected chi connectivity index (χ4v) is 0.933. The van der Waals surface area contributed by atoms with E-state index in [0.29, 0.717) is 30.4 Å². The molecule has 0 aliphatic heterocycles. The molecule has 0 saturated carbocycles. The lowest BCUT2D eigenvalue weighted by Gasteiger charge is -2.03. The van der Waals surface area contributed by atoms with E-state index < -0.39 is 0 Å². The Balaban J connectivity index is 3.37. The minimum absolute atomic E-state index is 0.343. The molecule has 0 fully saturated rings. The summed E-state index contributed by atoms with van der Waals surface area (Å²) in [6.45, 7) is 4.02. The molecule has 0 rings (SSSR count). The highest BCUT2D eigenvalue weighted by atomic mass is 35.5. The Labute approximate surface area is 67.8 Å². The number of Topliss-reactive ketones (excluding diaryl/α,β-unsaturated/α-hetero) is 1. The highest BCUT2D eigenvalue weighted by molar-refractivity contribution is 6.18. The second kappa shape index (κ2) is 5.72. The van der Waals surface area contributed by atoms with E-state index in [9.17, 15) is 4.79 Å². The van der Waals surface area contributed by atoms with Gasteiger partial charge in [-0.2, -0.15) is 0 Å². The van der Waals surface area contributed by atoms with Crippen molar-refractivity contribution in [1.82, 2.24) is 0 Å². The minimum Gasteiger partial charge on any atom is -0.300 e. The normalized spacial score (nSPS) is 13.1. The number of hydrogen-bond donors (Lipinski definition) is 0. The van der Waals surface area contributed by atoms with Crippen molar-refractivity contribution in [3.63, 3.8) is 0 Å². The van der Waals surface area contributed by atoms with E-state index in [1.807, 2.05) is 13.8 Å². The van der Waals surface area contributed by atoms with E-state index in [0.717, 1.165) is 6.42 Å². The number of hydrogen-bond acceptors (Lipinski definition) is 1. The topological polar surface area (TPSA) is 17.1 Å². The smallest absolute Gasteiger partial charge is 0.133 e. The first-order valence-electron chi connectivity index (χ1n) is 3.78. The molecule has 0 aliphatic carbocycles. The van der Waals surface area contributed by atoms with Crippen LogP contribution in [0.4, 0.5) is 0 Å². The molecule has 1 unspecified atom stereocenters. The summed E-state index contributed by atoms with van der Waals surface area (Å²) in [5.41, 5.74) is 0. The maximum Gasteiger partial charge on any atom is 0.133 e. The molecule has 60 valence electrons. The van der Waals surface area contributed by atoms with Crippen molar-refractivity contribution < 1.29 is 4.79 Å². The Bertz CT molecular complexity index is 101. The van der Waals surface area contributed by atoms with Gasteiger partial charge in [-0.05, 0) is 12.3 Å². The molecule has 0 bridgehead atoms. The third kappa shape index (κ3) is 4.80. The number of alkyl halides is 1. The van der Waals surface area contributed by atoms with Gasteiger partial charge in [-0.15, -0.1) is 11.6 Å². The highest BCUT2D eigenvalue weighted by Gasteiger charge is 2.05. The maximum absolute atomic E-state index is 11.0. The summed E-state index contributed by atoms with van der Waals surface area (Å²) in [6, 6.07) is 0. The molecule has 10 heavy (non-hydrogen) atoms. The van der Waals surface area contributed by atoms with E-state index in [4.69, 9.17) is 11.6 Å². The molecule has 0 amide bonds. The summed E-state index contributed by atoms with van der Waals surface area (Å²) in [4.78, 5) is 11.0. The van der Waals surface area contributed by atoms with Gasteiger partial charge in [-0.1, -0.05) is 13.8 Å². The number of ketones is 1. The summed E-state index contributed by atoms with van der Waals surface area (Å²) < 4.78 is 0. The first-order valence-corrected chi connectivity index (χ1v) is 4.31. The van der Waals surface area contributed by atoms with Gasteiger partial charge < -0.3 is 0 Å². The number of rotatable bonds is 5. The molecule has 0 aromatic rings. The second-order valence-corrected chi connectivity index (χ2v) is 3.06. The second-order valence-electron chi connectivity index (χ2n) is 2.75. The predicted octanol–water partition coefficient (Wildman–Crippen LogP) is 2.62. The summed E-state index contributed by atoms with van der Waals surface area (Å²) in [7, 11) is 0. The van der Waals surface area contributed by atoms with Gasteiger partial charge in [0.15, 0.2) is 0 Å². The van der Waals surface area contributed by atoms with Crippen LogP contribution in [0.1, 0.15) is 33.1 Å². The molecule has 0 aromatic carbocycles. The molecule has 0 saturated heterocycles. The molecule has 0 N–H and O–H groups in total. The quantitative estimate of drug-likeness (QED) is 0.568. The van der Waals surface area contributed by atoms with Gasteiger partial charge in [0, 0.05) is 18.7 Å². The molecule has 2 heteroatoms. The van der Waals surface area contributed by atoms with Crippen LogP contribution >= 0.6 is 11.6 Å². The van der Waals surface area contributed by atoms with Crippen LogP contribution in [0.5, 0.6) is 0 Å². The Morgan fingerprint density at radius 1 is 1.60 bits per heavy atom.